The minimum atomic E-state index is -0.769. The molecule has 3 atom stereocenters. The van der Waals surface area contributed by atoms with E-state index in [9.17, 15) is 9.59 Å². The van der Waals surface area contributed by atoms with Crippen LogP contribution in [0.15, 0.2) is 0 Å². The summed E-state index contributed by atoms with van der Waals surface area (Å²) in [5, 5.41) is 11.6. The largest absolute Gasteiger partial charge is 0.481 e. The van der Waals surface area contributed by atoms with Crippen molar-refractivity contribution in [2.45, 2.75) is 45.6 Å². The van der Waals surface area contributed by atoms with Crippen molar-refractivity contribution >= 4 is 11.9 Å². The number of carbonyl (C=O) groups is 2. The van der Waals surface area contributed by atoms with Gasteiger partial charge in [0.15, 0.2) is 0 Å². The molecule has 0 aromatic carbocycles. The monoisotopic (exact) mass is 286 g/mol. The smallest absolute Gasteiger partial charge is 0.303 e. The van der Waals surface area contributed by atoms with Crippen molar-refractivity contribution in [2.24, 2.45) is 17.1 Å². The lowest BCUT2D eigenvalue weighted by Gasteiger charge is -2.26. The maximum atomic E-state index is 12.1. The summed E-state index contributed by atoms with van der Waals surface area (Å²) in [6.07, 6.45) is 2.55. The van der Waals surface area contributed by atoms with Crippen molar-refractivity contribution in [1.82, 2.24) is 5.32 Å². The first-order chi connectivity index (χ1) is 9.40. The molecule has 6 heteroatoms. The second-order valence-electron chi connectivity index (χ2n) is 5.79. The maximum absolute atomic E-state index is 12.1. The first-order valence-corrected chi connectivity index (χ1v) is 7.23. The molecule has 0 bridgehead atoms. The van der Waals surface area contributed by atoms with Crippen LogP contribution in [-0.4, -0.2) is 42.8 Å². The van der Waals surface area contributed by atoms with E-state index in [0.717, 1.165) is 12.8 Å². The third-order valence-corrected chi connectivity index (χ3v) is 4.22. The maximum Gasteiger partial charge on any atom is 0.303 e. The highest BCUT2D eigenvalue weighted by Crippen LogP contribution is 2.27. The zero-order chi connectivity index (χ0) is 15.2. The number of ether oxygens (including phenoxy) is 1. The Labute approximate surface area is 120 Å². The Bertz CT molecular complexity index is 348. The summed E-state index contributed by atoms with van der Waals surface area (Å²) < 4.78 is 5.26. The third-order valence-electron chi connectivity index (χ3n) is 4.22. The van der Waals surface area contributed by atoms with Crippen LogP contribution in [0.1, 0.15) is 39.5 Å². The van der Waals surface area contributed by atoms with Crippen LogP contribution in [0.4, 0.5) is 0 Å². The summed E-state index contributed by atoms with van der Waals surface area (Å²) in [6, 6.07) is -0.267. The number of hydrogen-bond donors (Lipinski definition) is 3. The van der Waals surface area contributed by atoms with E-state index < -0.39 is 11.4 Å². The summed E-state index contributed by atoms with van der Waals surface area (Å²) in [5.41, 5.74) is 5.25. The molecule has 1 aliphatic rings. The van der Waals surface area contributed by atoms with Crippen LogP contribution in [0.3, 0.4) is 0 Å². The van der Waals surface area contributed by atoms with Gasteiger partial charge in [0.05, 0.1) is 18.6 Å². The lowest BCUT2D eigenvalue weighted by atomic mass is 9.84. The van der Waals surface area contributed by atoms with Gasteiger partial charge in [0.25, 0.3) is 0 Å². The zero-order valence-corrected chi connectivity index (χ0v) is 12.4. The van der Waals surface area contributed by atoms with Gasteiger partial charge in [0.1, 0.15) is 0 Å². The molecule has 0 radical (unpaired) electrons. The van der Waals surface area contributed by atoms with Crippen LogP contribution in [0.25, 0.3) is 0 Å². The number of aliphatic carboxylic acids is 1. The molecule has 20 heavy (non-hydrogen) atoms. The van der Waals surface area contributed by atoms with Crippen molar-refractivity contribution in [3.05, 3.63) is 0 Å². The van der Waals surface area contributed by atoms with Crippen molar-refractivity contribution in [1.29, 1.82) is 0 Å². The second-order valence-corrected chi connectivity index (χ2v) is 5.79. The minimum absolute atomic E-state index is 0.0735. The molecule has 0 aromatic rings. The Balaban J connectivity index is 2.32. The summed E-state index contributed by atoms with van der Waals surface area (Å²) in [5.74, 6) is -0.516. The van der Waals surface area contributed by atoms with Gasteiger partial charge in [-0.25, -0.2) is 0 Å². The molecule has 0 aliphatic carbocycles. The van der Waals surface area contributed by atoms with E-state index in [-0.39, 0.29) is 18.4 Å². The number of nitrogens with two attached hydrogens (primary N) is 1. The van der Waals surface area contributed by atoms with Crippen LogP contribution in [0.5, 0.6) is 0 Å². The second kappa shape index (κ2) is 7.59. The molecule has 0 spiro atoms. The fourth-order valence-electron chi connectivity index (χ4n) is 2.39. The fraction of sp³-hybridized carbons (Fsp3) is 0.857. The Hall–Kier alpha value is -1.14. The van der Waals surface area contributed by atoms with Gasteiger partial charge < -0.3 is 20.9 Å². The van der Waals surface area contributed by atoms with Crippen molar-refractivity contribution in [3.8, 4) is 0 Å². The molecule has 1 aliphatic heterocycles. The number of rotatable bonds is 8. The summed E-state index contributed by atoms with van der Waals surface area (Å²) in [4.78, 5) is 22.7. The van der Waals surface area contributed by atoms with Crippen molar-refractivity contribution < 1.29 is 19.4 Å². The van der Waals surface area contributed by atoms with Crippen LogP contribution in [0, 0.1) is 11.3 Å². The van der Waals surface area contributed by atoms with E-state index in [1.165, 1.54) is 0 Å². The van der Waals surface area contributed by atoms with E-state index in [2.05, 4.69) is 5.32 Å². The lowest BCUT2D eigenvalue weighted by Crippen LogP contribution is -2.50. The van der Waals surface area contributed by atoms with E-state index in [0.29, 0.717) is 32.1 Å². The van der Waals surface area contributed by atoms with Gasteiger partial charge in [-0.1, -0.05) is 13.3 Å². The third kappa shape index (κ3) is 4.45. The summed E-state index contributed by atoms with van der Waals surface area (Å²) in [6.45, 7) is 5.19. The summed E-state index contributed by atoms with van der Waals surface area (Å²) in [7, 11) is 0. The molecule has 116 valence electrons. The van der Waals surface area contributed by atoms with Gasteiger partial charge in [-0.2, -0.15) is 0 Å². The van der Waals surface area contributed by atoms with Gasteiger partial charge in [0.2, 0.25) is 5.91 Å². The first-order valence-electron chi connectivity index (χ1n) is 7.23. The molecule has 1 fully saturated rings. The average molecular weight is 286 g/mol. The van der Waals surface area contributed by atoms with Gasteiger partial charge in [0, 0.05) is 19.0 Å². The Morgan fingerprint density at radius 3 is 2.70 bits per heavy atom. The first kappa shape index (κ1) is 16.9. The molecule has 1 amide bonds. The highest BCUT2D eigenvalue weighted by molar-refractivity contribution is 5.83. The quantitative estimate of drug-likeness (QED) is 0.611. The number of carboxylic acid groups (broad SMARTS) is 1. The Morgan fingerprint density at radius 2 is 2.20 bits per heavy atom. The van der Waals surface area contributed by atoms with E-state index >= 15 is 0 Å². The highest BCUT2D eigenvalue weighted by atomic mass is 16.5. The molecule has 4 N–H and O–H groups in total. The number of carboxylic acids is 1. The molecule has 3 unspecified atom stereocenters. The van der Waals surface area contributed by atoms with E-state index in [1.54, 1.807) is 0 Å². The lowest BCUT2D eigenvalue weighted by molar-refractivity contribution is -0.137. The molecule has 1 rings (SSSR count). The van der Waals surface area contributed by atoms with Gasteiger partial charge in [-0.3, -0.25) is 9.59 Å². The fourth-order valence-corrected chi connectivity index (χ4v) is 2.39. The topological polar surface area (TPSA) is 102 Å². The van der Waals surface area contributed by atoms with Gasteiger partial charge in [-0.05, 0) is 25.7 Å². The molecule has 0 saturated carbocycles. The van der Waals surface area contributed by atoms with Gasteiger partial charge >= 0.3 is 5.97 Å². The molecular formula is C14H26N2O4. The minimum Gasteiger partial charge on any atom is -0.481 e. The average Bonchev–Trinajstić information content (AvgIpc) is 2.74. The molecule has 1 heterocycles. The SMILES string of the molecule is CCC(CCNC(=O)C1(C)COCC1N)CCC(=O)O. The summed E-state index contributed by atoms with van der Waals surface area (Å²) >= 11 is 0. The standard InChI is InChI=1S/C14H26N2O4/c1-3-10(4-5-12(17)18)6-7-16-13(19)14(2)9-20-8-11(14)15/h10-11H,3-9,15H2,1-2H3,(H,16,19)(H,17,18). The van der Waals surface area contributed by atoms with Crippen LogP contribution in [-0.2, 0) is 14.3 Å². The molecular weight excluding hydrogens is 260 g/mol. The predicted molar refractivity (Wildman–Crippen MR) is 75.2 cm³/mol. The number of carbonyl (C=O) groups excluding carboxylic acids is 1. The molecule has 6 nitrogen and oxygen atoms in total. The van der Waals surface area contributed by atoms with Crippen LogP contribution in [0.2, 0.25) is 0 Å². The molecule has 1 saturated heterocycles. The highest BCUT2D eigenvalue weighted by Gasteiger charge is 2.44. The normalized spacial score (nSPS) is 27.2. The van der Waals surface area contributed by atoms with E-state index in [4.69, 9.17) is 15.6 Å². The van der Waals surface area contributed by atoms with Crippen molar-refractivity contribution in [3.63, 3.8) is 0 Å². The van der Waals surface area contributed by atoms with Crippen LogP contribution >= 0.6 is 0 Å². The zero-order valence-electron chi connectivity index (χ0n) is 12.4. The van der Waals surface area contributed by atoms with E-state index in [1.807, 2.05) is 13.8 Å². The number of hydrogen-bond acceptors (Lipinski definition) is 4. The number of nitrogens with one attached hydrogen (secondary N) is 1. The Morgan fingerprint density at radius 1 is 1.50 bits per heavy atom. The van der Waals surface area contributed by atoms with Gasteiger partial charge in [-0.15, -0.1) is 0 Å². The predicted octanol–water partition coefficient (Wildman–Crippen LogP) is 0.748. The van der Waals surface area contributed by atoms with Crippen LogP contribution < -0.4 is 11.1 Å². The Kier molecular flexibility index (Phi) is 6.42. The van der Waals surface area contributed by atoms with Crippen molar-refractivity contribution in [2.75, 3.05) is 19.8 Å². The molecule has 0 aromatic heterocycles. The number of amides is 1.